The van der Waals surface area contributed by atoms with Crippen LogP contribution in [0.15, 0.2) is 35.1 Å². The topological polar surface area (TPSA) is 75.4 Å². The largest absolute Gasteiger partial charge is 0.443 e. The molecule has 2 atom stereocenters. The molecule has 2 aliphatic rings. The van der Waals surface area contributed by atoms with Gasteiger partial charge >= 0.3 is 0 Å². The molecule has 2 aromatic rings. The minimum absolute atomic E-state index is 0.0670. The Morgan fingerprint density at radius 3 is 2.90 bits per heavy atom. The van der Waals surface area contributed by atoms with Crippen LogP contribution in [0.3, 0.4) is 0 Å². The fourth-order valence-corrected chi connectivity index (χ4v) is 4.67. The molecule has 1 N–H and O–H groups in total. The van der Waals surface area contributed by atoms with Crippen LogP contribution in [0.4, 0.5) is 0 Å². The summed E-state index contributed by atoms with van der Waals surface area (Å²) in [4.78, 5) is 32.5. The number of amides is 2. The molecular weight excluding hydrogens is 366 g/mol. The van der Waals surface area contributed by atoms with E-state index in [2.05, 4.69) is 10.3 Å². The third-order valence-electron chi connectivity index (χ3n) is 6.15. The smallest absolute Gasteiger partial charge is 0.276 e. The summed E-state index contributed by atoms with van der Waals surface area (Å²) in [7, 11) is 0. The first-order valence-electron chi connectivity index (χ1n) is 10.7. The third-order valence-corrected chi connectivity index (χ3v) is 6.15. The van der Waals surface area contributed by atoms with Gasteiger partial charge in [-0.15, -0.1) is 0 Å². The monoisotopic (exact) mass is 395 g/mol. The Kier molecular flexibility index (Phi) is 5.97. The van der Waals surface area contributed by atoms with Crippen LogP contribution in [0.1, 0.15) is 61.0 Å². The van der Waals surface area contributed by atoms with Gasteiger partial charge in [0.25, 0.3) is 5.91 Å². The van der Waals surface area contributed by atoms with Crippen molar-refractivity contribution >= 4 is 11.8 Å². The third kappa shape index (κ3) is 4.21. The lowest BCUT2D eigenvalue weighted by Crippen LogP contribution is -2.47. The van der Waals surface area contributed by atoms with Gasteiger partial charge in [-0.25, -0.2) is 4.98 Å². The fraction of sp³-hybridized carbons (Fsp3) is 0.522. The molecule has 1 saturated heterocycles. The maximum absolute atomic E-state index is 13.6. The van der Waals surface area contributed by atoms with E-state index in [9.17, 15) is 9.59 Å². The van der Waals surface area contributed by atoms with Crippen molar-refractivity contribution in [3.8, 4) is 11.3 Å². The number of rotatable bonds is 2. The number of oxazole rings is 1. The summed E-state index contributed by atoms with van der Waals surface area (Å²) in [6.07, 6.45) is 8.08. The van der Waals surface area contributed by atoms with Crippen molar-refractivity contribution < 1.29 is 14.0 Å². The Morgan fingerprint density at radius 2 is 2.03 bits per heavy atom. The van der Waals surface area contributed by atoms with Crippen molar-refractivity contribution in [2.24, 2.45) is 5.92 Å². The van der Waals surface area contributed by atoms with Crippen molar-refractivity contribution in [2.45, 2.75) is 57.9 Å². The lowest BCUT2D eigenvalue weighted by Gasteiger charge is -2.32. The molecule has 29 heavy (non-hydrogen) atoms. The number of carbonyl (C=O) groups is 2. The number of hydrogen-bond acceptors (Lipinski definition) is 4. The molecule has 0 radical (unpaired) electrons. The van der Waals surface area contributed by atoms with Crippen molar-refractivity contribution in [3.63, 3.8) is 0 Å². The summed E-state index contributed by atoms with van der Waals surface area (Å²) in [6.45, 7) is 3.40. The van der Waals surface area contributed by atoms with E-state index < -0.39 is 0 Å². The zero-order chi connectivity index (χ0) is 20.2. The number of fused-ring (bicyclic) bond motifs is 1. The molecule has 4 rings (SSSR count). The first-order valence-corrected chi connectivity index (χ1v) is 10.7. The second-order valence-corrected chi connectivity index (χ2v) is 8.21. The quantitative estimate of drug-likeness (QED) is 0.835. The molecule has 6 heteroatoms. The van der Waals surface area contributed by atoms with Crippen molar-refractivity contribution in [1.29, 1.82) is 0 Å². The Hall–Kier alpha value is -2.63. The van der Waals surface area contributed by atoms with Crippen molar-refractivity contribution in [2.75, 3.05) is 13.1 Å². The molecule has 1 saturated carbocycles. The van der Waals surface area contributed by atoms with Crippen LogP contribution in [-0.4, -0.2) is 40.8 Å². The summed E-state index contributed by atoms with van der Waals surface area (Å²) in [5, 5.41) is 3.08. The first kappa shape index (κ1) is 19.7. The normalized spacial score (nSPS) is 23.2. The number of aryl methyl sites for hydroxylation is 1. The van der Waals surface area contributed by atoms with Gasteiger partial charge in [-0.05, 0) is 38.7 Å². The van der Waals surface area contributed by atoms with Gasteiger partial charge in [0.2, 0.25) is 5.91 Å². The molecule has 2 amide bonds. The Balaban J connectivity index is 1.65. The van der Waals surface area contributed by atoms with Gasteiger partial charge < -0.3 is 14.6 Å². The molecule has 1 aliphatic heterocycles. The number of hydrogen-bond donors (Lipinski definition) is 1. The van der Waals surface area contributed by atoms with Gasteiger partial charge in [0.1, 0.15) is 0 Å². The van der Waals surface area contributed by atoms with Crippen LogP contribution in [0, 0.1) is 12.8 Å². The van der Waals surface area contributed by atoms with Crippen LogP contribution in [-0.2, 0) is 4.79 Å². The van der Waals surface area contributed by atoms with Crippen LogP contribution < -0.4 is 5.32 Å². The fourth-order valence-electron chi connectivity index (χ4n) is 4.67. The van der Waals surface area contributed by atoms with Crippen molar-refractivity contribution in [3.05, 3.63) is 41.9 Å². The van der Waals surface area contributed by atoms with E-state index in [1.807, 2.05) is 36.1 Å². The molecule has 6 nitrogen and oxygen atoms in total. The Bertz CT molecular complexity index is 876. The number of nitrogens with zero attached hydrogens (tertiary/aromatic N) is 2. The second kappa shape index (κ2) is 8.80. The lowest BCUT2D eigenvalue weighted by atomic mass is 9.99. The average Bonchev–Trinajstić information content (AvgIpc) is 3.38. The van der Waals surface area contributed by atoms with Gasteiger partial charge in [0.15, 0.2) is 17.8 Å². The predicted octanol–water partition coefficient (Wildman–Crippen LogP) is 3.95. The molecule has 154 valence electrons. The maximum Gasteiger partial charge on any atom is 0.276 e. The van der Waals surface area contributed by atoms with Gasteiger partial charge in [0, 0.05) is 24.7 Å². The van der Waals surface area contributed by atoms with Crippen LogP contribution in [0.25, 0.3) is 11.3 Å². The second-order valence-electron chi connectivity index (χ2n) is 8.21. The number of aromatic nitrogens is 1. The highest BCUT2D eigenvalue weighted by Gasteiger charge is 2.40. The Labute approximate surface area is 171 Å². The van der Waals surface area contributed by atoms with Gasteiger partial charge in [-0.2, -0.15) is 0 Å². The van der Waals surface area contributed by atoms with E-state index in [0.717, 1.165) is 62.6 Å². The van der Waals surface area contributed by atoms with E-state index >= 15 is 0 Å². The standard InChI is InChI=1S/C23H29N3O3/c1-16-8-6-9-17(14-16)21-20(25-15-29-21)23(28)26-13-5-3-2-4-12-24-22(27)18-10-7-11-19(18)26/h6,8-9,14-15,18-19H,2-5,7,10-13H2,1H3,(H,24,27)/t18-,19+/m1/s1. The Morgan fingerprint density at radius 1 is 1.17 bits per heavy atom. The van der Waals surface area contributed by atoms with E-state index in [-0.39, 0.29) is 23.8 Å². The SMILES string of the molecule is Cc1cccc(-c2ocnc2C(=O)N2CCCCCCNC(=O)[C@@H]3CCC[C@@H]32)c1. The molecule has 2 fully saturated rings. The summed E-state index contributed by atoms with van der Waals surface area (Å²) in [6, 6.07) is 7.82. The summed E-state index contributed by atoms with van der Waals surface area (Å²) in [5.41, 5.74) is 2.29. The van der Waals surface area contributed by atoms with E-state index in [1.165, 1.54) is 6.39 Å². The number of carbonyl (C=O) groups excluding carboxylic acids is 2. The van der Waals surface area contributed by atoms with Gasteiger partial charge in [-0.3, -0.25) is 9.59 Å². The summed E-state index contributed by atoms with van der Waals surface area (Å²) in [5.74, 6) is 0.337. The zero-order valence-corrected chi connectivity index (χ0v) is 17.0. The molecular formula is C23H29N3O3. The molecule has 1 aromatic heterocycles. The van der Waals surface area contributed by atoms with E-state index in [0.29, 0.717) is 18.0 Å². The van der Waals surface area contributed by atoms with Crippen LogP contribution in [0.5, 0.6) is 0 Å². The lowest BCUT2D eigenvalue weighted by molar-refractivity contribution is -0.126. The van der Waals surface area contributed by atoms with Crippen LogP contribution in [0.2, 0.25) is 0 Å². The van der Waals surface area contributed by atoms with E-state index in [1.54, 1.807) is 0 Å². The molecule has 1 aliphatic carbocycles. The van der Waals surface area contributed by atoms with Crippen LogP contribution >= 0.6 is 0 Å². The first-order chi connectivity index (χ1) is 14.1. The number of benzene rings is 1. The highest BCUT2D eigenvalue weighted by molar-refractivity contribution is 5.98. The minimum Gasteiger partial charge on any atom is -0.443 e. The highest BCUT2D eigenvalue weighted by atomic mass is 16.3. The molecule has 2 heterocycles. The van der Waals surface area contributed by atoms with E-state index in [4.69, 9.17) is 4.42 Å². The maximum atomic E-state index is 13.6. The number of nitrogens with one attached hydrogen (secondary N) is 1. The predicted molar refractivity (Wildman–Crippen MR) is 110 cm³/mol. The van der Waals surface area contributed by atoms with Gasteiger partial charge in [-0.1, -0.05) is 43.0 Å². The molecule has 0 unspecified atom stereocenters. The highest BCUT2D eigenvalue weighted by Crippen LogP contribution is 2.33. The molecule has 0 bridgehead atoms. The molecule has 1 aromatic carbocycles. The zero-order valence-electron chi connectivity index (χ0n) is 17.0. The average molecular weight is 396 g/mol. The molecule has 0 spiro atoms. The summed E-state index contributed by atoms with van der Waals surface area (Å²) < 4.78 is 5.63. The van der Waals surface area contributed by atoms with Crippen molar-refractivity contribution in [1.82, 2.24) is 15.2 Å². The summed E-state index contributed by atoms with van der Waals surface area (Å²) >= 11 is 0. The minimum atomic E-state index is -0.133. The van der Waals surface area contributed by atoms with Gasteiger partial charge in [0.05, 0.1) is 5.92 Å².